The number of rotatable bonds is 1. The van der Waals surface area contributed by atoms with Gasteiger partial charge in [0.2, 0.25) is 0 Å². The van der Waals surface area contributed by atoms with Crippen LogP contribution in [0.25, 0.3) is 0 Å². The molecule has 0 atom stereocenters. The Balaban J connectivity index is 2.50. The smallest absolute Gasteiger partial charge is 0.102 e. The molecule has 3 heteroatoms. The molecule has 0 unspecified atom stereocenters. The third-order valence-corrected chi connectivity index (χ3v) is 2.38. The fourth-order valence-corrected chi connectivity index (χ4v) is 1.25. The van der Waals surface area contributed by atoms with E-state index in [1.165, 1.54) is 16.9 Å². The van der Waals surface area contributed by atoms with Crippen LogP contribution in [-0.4, -0.2) is 5.33 Å². The van der Waals surface area contributed by atoms with Crippen molar-refractivity contribution in [2.75, 3.05) is 5.33 Å². The van der Waals surface area contributed by atoms with Gasteiger partial charge < -0.3 is 4.18 Å². The van der Waals surface area contributed by atoms with Crippen LogP contribution >= 0.6 is 28.0 Å². The topological polar surface area (TPSA) is 9.23 Å². The number of alkyl halides is 1. The molecule has 0 N–H and O–H groups in total. The normalized spacial score (nSPS) is 17.4. The molecular weight excluding hydrogens is 188 g/mol. The van der Waals surface area contributed by atoms with E-state index in [0.29, 0.717) is 0 Å². The first-order valence-electron chi connectivity index (χ1n) is 2.18. The van der Waals surface area contributed by atoms with Crippen LogP contribution in [0.15, 0.2) is 23.3 Å². The van der Waals surface area contributed by atoms with Crippen LogP contribution in [0.4, 0.5) is 0 Å². The number of hydrogen-bond acceptors (Lipinski definition) is 2. The molecule has 0 saturated heterocycles. The summed E-state index contributed by atoms with van der Waals surface area (Å²) in [4.78, 5) is 1.20. The summed E-state index contributed by atoms with van der Waals surface area (Å²) >= 11 is 4.70. The van der Waals surface area contributed by atoms with Gasteiger partial charge in [0.15, 0.2) is 0 Å². The lowest BCUT2D eigenvalue weighted by atomic mass is 10.5. The van der Waals surface area contributed by atoms with Gasteiger partial charge in [-0.15, -0.1) is 0 Å². The number of halogens is 1. The van der Waals surface area contributed by atoms with Gasteiger partial charge in [-0.2, -0.15) is 0 Å². The van der Waals surface area contributed by atoms with E-state index in [0.717, 1.165) is 5.33 Å². The van der Waals surface area contributed by atoms with Crippen molar-refractivity contribution in [3.8, 4) is 0 Å². The predicted octanol–water partition coefficient (Wildman–Crippen LogP) is 2.46. The molecule has 1 heterocycles. The molecule has 0 aromatic carbocycles. The second-order valence-corrected chi connectivity index (χ2v) is 2.72. The van der Waals surface area contributed by atoms with Crippen molar-refractivity contribution in [3.05, 3.63) is 23.3 Å². The molecule has 1 aliphatic rings. The number of hydrogen-bond donors (Lipinski definition) is 0. The van der Waals surface area contributed by atoms with Crippen molar-refractivity contribution in [2.24, 2.45) is 0 Å². The average molecular weight is 193 g/mol. The van der Waals surface area contributed by atoms with Crippen molar-refractivity contribution in [1.82, 2.24) is 0 Å². The molecule has 0 bridgehead atoms. The Morgan fingerprint density at radius 1 is 1.75 bits per heavy atom. The Morgan fingerprint density at radius 2 is 2.62 bits per heavy atom. The lowest BCUT2D eigenvalue weighted by Gasteiger charge is -2.02. The van der Waals surface area contributed by atoms with E-state index in [9.17, 15) is 0 Å². The number of allylic oxidation sites excluding steroid dienone is 3. The fraction of sp³-hybridized carbons (Fsp3) is 0.200. The Hall–Kier alpha value is 0.110. The molecule has 8 heavy (non-hydrogen) atoms. The van der Waals surface area contributed by atoms with Gasteiger partial charge in [0.05, 0.1) is 12.0 Å². The predicted molar refractivity (Wildman–Crippen MR) is 39.7 cm³/mol. The molecule has 0 saturated carbocycles. The second-order valence-electron chi connectivity index (χ2n) is 1.27. The van der Waals surface area contributed by atoms with Gasteiger partial charge >= 0.3 is 0 Å². The minimum atomic E-state index is 0.877. The van der Waals surface area contributed by atoms with Crippen molar-refractivity contribution in [3.63, 3.8) is 0 Å². The summed E-state index contributed by atoms with van der Waals surface area (Å²) in [6.45, 7) is 0. The highest BCUT2D eigenvalue weighted by atomic mass is 79.9. The van der Waals surface area contributed by atoms with Crippen LogP contribution in [0.1, 0.15) is 0 Å². The largest absolute Gasteiger partial charge is 0.429 e. The van der Waals surface area contributed by atoms with Gasteiger partial charge in [-0.1, -0.05) is 15.9 Å². The molecule has 0 fully saturated rings. The van der Waals surface area contributed by atoms with Crippen LogP contribution in [0.2, 0.25) is 0 Å². The fourth-order valence-electron chi connectivity index (χ4n) is 0.363. The molecular formula is C5H5BrOS. The highest BCUT2D eigenvalue weighted by Gasteiger charge is 1.97. The summed E-state index contributed by atoms with van der Waals surface area (Å²) in [6.07, 6.45) is 5.56. The van der Waals surface area contributed by atoms with Crippen molar-refractivity contribution >= 4 is 28.0 Å². The van der Waals surface area contributed by atoms with Crippen LogP contribution in [0, 0.1) is 0 Å². The molecule has 0 radical (unpaired) electrons. The maximum atomic E-state index is 4.91. The summed E-state index contributed by atoms with van der Waals surface area (Å²) < 4.78 is 4.91. The van der Waals surface area contributed by atoms with E-state index in [1.54, 1.807) is 6.26 Å². The molecule has 0 amide bonds. The van der Waals surface area contributed by atoms with Crippen molar-refractivity contribution in [2.45, 2.75) is 0 Å². The van der Waals surface area contributed by atoms with Gasteiger partial charge in [-0.25, -0.2) is 0 Å². The zero-order chi connectivity index (χ0) is 5.82. The molecule has 0 aliphatic carbocycles. The Morgan fingerprint density at radius 3 is 3.00 bits per heavy atom. The maximum absolute atomic E-state index is 4.91. The van der Waals surface area contributed by atoms with Crippen LogP contribution in [0.5, 0.6) is 0 Å². The Kier molecular flexibility index (Phi) is 2.49. The summed E-state index contributed by atoms with van der Waals surface area (Å²) in [5.41, 5.74) is 0. The Bertz CT molecular complexity index is 130. The van der Waals surface area contributed by atoms with Gasteiger partial charge in [-0.05, 0) is 12.2 Å². The van der Waals surface area contributed by atoms with E-state index >= 15 is 0 Å². The van der Waals surface area contributed by atoms with Crippen molar-refractivity contribution < 1.29 is 4.18 Å². The highest BCUT2D eigenvalue weighted by Crippen LogP contribution is 2.22. The van der Waals surface area contributed by atoms with Crippen molar-refractivity contribution in [1.29, 1.82) is 0 Å². The first-order valence-corrected chi connectivity index (χ1v) is 4.05. The maximum Gasteiger partial charge on any atom is 0.102 e. The average Bonchev–Trinajstić information content (AvgIpc) is 1.90. The van der Waals surface area contributed by atoms with Gasteiger partial charge in [0.1, 0.15) is 6.26 Å². The summed E-state index contributed by atoms with van der Waals surface area (Å²) in [7, 11) is 0. The molecule has 0 aromatic heterocycles. The third kappa shape index (κ3) is 1.56. The highest BCUT2D eigenvalue weighted by molar-refractivity contribution is 9.09. The van der Waals surface area contributed by atoms with Crippen LogP contribution < -0.4 is 0 Å². The van der Waals surface area contributed by atoms with E-state index in [2.05, 4.69) is 15.9 Å². The SMILES string of the molecule is BrCC1=CC=COS1. The minimum absolute atomic E-state index is 0.877. The lowest BCUT2D eigenvalue weighted by molar-refractivity contribution is 0.567. The summed E-state index contributed by atoms with van der Waals surface area (Å²) in [6, 6.07) is 0. The molecule has 0 aromatic rings. The molecule has 0 spiro atoms. The monoisotopic (exact) mass is 192 g/mol. The second kappa shape index (κ2) is 3.20. The van der Waals surface area contributed by atoms with Gasteiger partial charge in [0.25, 0.3) is 0 Å². The molecule has 1 nitrogen and oxygen atoms in total. The summed E-state index contributed by atoms with van der Waals surface area (Å²) in [5.74, 6) is 0. The summed E-state index contributed by atoms with van der Waals surface area (Å²) in [5, 5.41) is 0.877. The van der Waals surface area contributed by atoms with Gasteiger partial charge in [0, 0.05) is 10.2 Å². The zero-order valence-electron chi connectivity index (χ0n) is 4.13. The standard InChI is InChI=1S/C5H5BrOS/c6-4-5-2-1-3-7-8-5/h1-3H,4H2. The Labute approximate surface area is 61.1 Å². The third-order valence-electron chi connectivity index (χ3n) is 0.703. The zero-order valence-corrected chi connectivity index (χ0v) is 6.54. The first kappa shape index (κ1) is 6.23. The van der Waals surface area contributed by atoms with E-state index in [4.69, 9.17) is 4.18 Å². The molecule has 1 aliphatic heterocycles. The first-order chi connectivity index (χ1) is 3.93. The van der Waals surface area contributed by atoms with E-state index in [1.807, 2.05) is 12.2 Å². The van der Waals surface area contributed by atoms with Gasteiger partial charge in [-0.3, -0.25) is 0 Å². The molecule has 1 rings (SSSR count). The minimum Gasteiger partial charge on any atom is -0.429 e. The lowest BCUT2D eigenvalue weighted by Crippen LogP contribution is -1.81. The quantitative estimate of drug-likeness (QED) is 0.467. The molecule has 44 valence electrons. The van der Waals surface area contributed by atoms with Crippen LogP contribution in [-0.2, 0) is 4.18 Å². The van der Waals surface area contributed by atoms with Crippen LogP contribution in [0.3, 0.4) is 0 Å². The van der Waals surface area contributed by atoms with E-state index in [-0.39, 0.29) is 0 Å². The van der Waals surface area contributed by atoms with E-state index < -0.39 is 0 Å².